The third-order valence-corrected chi connectivity index (χ3v) is 5.18. The van der Waals surface area contributed by atoms with E-state index < -0.39 is 0 Å². The first-order valence-corrected chi connectivity index (χ1v) is 8.63. The molecule has 116 valence electrons. The zero-order chi connectivity index (χ0) is 14.8. The number of nitrogens with two attached hydrogens (primary N) is 1. The van der Waals surface area contributed by atoms with Gasteiger partial charge in [-0.05, 0) is 63.0 Å². The zero-order valence-electron chi connectivity index (χ0n) is 13.5. The van der Waals surface area contributed by atoms with Crippen molar-refractivity contribution in [1.82, 2.24) is 4.98 Å². The molecule has 1 aliphatic carbocycles. The average molecular weight is 287 g/mol. The van der Waals surface area contributed by atoms with Crippen LogP contribution in [0.5, 0.6) is 0 Å². The maximum absolute atomic E-state index is 5.90. The first kappa shape index (κ1) is 14.8. The lowest BCUT2D eigenvalue weighted by molar-refractivity contribution is 0.429. The number of anilines is 1. The van der Waals surface area contributed by atoms with Crippen molar-refractivity contribution in [2.24, 2.45) is 11.7 Å². The summed E-state index contributed by atoms with van der Waals surface area (Å²) in [5.74, 6) is 2.12. The summed E-state index contributed by atoms with van der Waals surface area (Å²) >= 11 is 0. The fourth-order valence-electron chi connectivity index (χ4n) is 4.30. The summed E-state index contributed by atoms with van der Waals surface area (Å²) in [5, 5.41) is 0. The summed E-state index contributed by atoms with van der Waals surface area (Å²) in [7, 11) is 0. The summed E-state index contributed by atoms with van der Waals surface area (Å²) in [6, 6.07) is 3.23. The highest BCUT2D eigenvalue weighted by atomic mass is 15.2. The second-order valence-corrected chi connectivity index (χ2v) is 7.11. The van der Waals surface area contributed by atoms with E-state index in [0.717, 1.165) is 18.4 Å². The number of rotatable bonds is 4. The maximum Gasteiger partial charge on any atom is 0.131 e. The van der Waals surface area contributed by atoms with E-state index in [2.05, 4.69) is 24.8 Å². The summed E-state index contributed by atoms with van der Waals surface area (Å²) < 4.78 is 0. The SMILES string of the molecule is Cc1cc(CC(C)N)cnc1N1CCCC1C1CCCC1. The van der Waals surface area contributed by atoms with Crippen molar-refractivity contribution in [1.29, 1.82) is 0 Å². The van der Waals surface area contributed by atoms with Gasteiger partial charge in [0.2, 0.25) is 0 Å². The Hall–Kier alpha value is -1.09. The predicted molar refractivity (Wildman–Crippen MR) is 88.7 cm³/mol. The molecular weight excluding hydrogens is 258 g/mol. The van der Waals surface area contributed by atoms with Crippen LogP contribution in [0.1, 0.15) is 56.6 Å². The highest BCUT2D eigenvalue weighted by molar-refractivity contribution is 5.49. The Kier molecular flexibility index (Phi) is 4.48. The van der Waals surface area contributed by atoms with Crippen LogP contribution in [0.25, 0.3) is 0 Å². The molecule has 2 fully saturated rings. The molecule has 21 heavy (non-hydrogen) atoms. The number of hydrogen-bond acceptors (Lipinski definition) is 3. The molecular formula is C18H29N3. The Balaban J connectivity index is 1.78. The molecule has 0 spiro atoms. The number of aromatic nitrogens is 1. The minimum absolute atomic E-state index is 0.204. The van der Waals surface area contributed by atoms with Crippen molar-refractivity contribution in [3.05, 3.63) is 23.4 Å². The van der Waals surface area contributed by atoms with Crippen LogP contribution < -0.4 is 10.6 Å². The largest absolute Gasteiger partial charge is 0.353 e. The fourth-order valence-corrected chi connectivity index (χ4v) is 4.30. The zero-order valence-corrected chi connectivity index (χ0v) is 13.5. The van der Waals surface area contributed by atoms with Gasteiger partial charge in [0.05, 0.1) is 0 Å². The van der Waals surface area contributed by atoms with Crippen LogP contribution in [-0.2, 0) is 6.42 Å². The average Bonchev–Trinajstić information content (AvgIpc) is 3.08. The van der Waals surface area contributed by atoms with Crippen molar-refractivity contribution >= 4 is 5.82 Å². The van der Waals surface area contributed by atoms with Crippen LogP contribution in [0.15, 0.2) is 12.3 Å². The lowest BCUT2D eigenvalue weighted by Crippen LogP contribution is -2.35. The van der Waals surface area contributed by atoms with E-state index >= 15 is 0 Å². The third kappa shape index (κ3) is 3.23. The first-order valence-electron chi connectivity index (χ1n) is 8.63. The number of nitrogens with zero attached hydrogens (tertiary/aromatic N) is 2. The van der Waals surface area contributed by atoms with Crippen molar-refractivity contribution in [2.75, 3.05) is 11.4 Å². The monoisotopic (exact) mass is 287 g/mol. The van der Waals surface area contributed by atoms with Crippen LogP contribution in [0.2, 0.25) is 0 Å². The van der Waals surface area contributed by atoms with E-state index in [9.17, 15) is 0 Å². The quantitative estimate of drug-likeness (QED) is 0.922. The predicted octanol–water partition coefficient (Wildman–Crippen LogP) is 3.44. The first-order chi connectivity index (χ1) is 10.1. The van der Waals surface area contributed by atoms with Gasteiger partial charge in [-0.15, -0.1) is 0 Å². The molecule has 2 atom stereocenters. The van der Waals surface area contributed by atoms with Crippen LogP contribution >= 0.6 is 0 Å². The Labute approximate surface area is 128 Å². The number of aryl methyl sites for hydroxylation is 1. The lowest BCUT2D eigenvalue weighted by Gasteiger charge is -2.31. The Morgan fingerprint density at radius 1 is 1.29 bits per heavy atom. The highest BCUT2D eigenvalue weighted by Crippen LogP contribution is 2.38. The number of pyridine rings is 1. The molecule has 3 nitrogen and oxygen atoms in total. The highest BCUT2D eigenvalue weighted by Gasteiger charge is 2.34. The summed E-state index contributed by atoms with van der Waals surface area (Å²) in [6.07, 6.45) is 11.3. The lowest BCUT2D eigenvalue weighted by atomic mass is 9.95. The molecule has 1 aromatic heterocycles. The van der Waals surface area contributed by atoms with Gasteiger partial charge in [0.25, 0.3) is 0 Å². The van der Waals surface area contributed by atoms with Gasteiger partial charge in [-0.3, -0.25) is 0 Å². The summed E-state index contributed by atoms with van der Waals surface area (Å²) in [4.78, 5) is 7.40. The molecule has 0 amide bonds. The van der Waals surface area contributed by atoms with E-state index in [4.69, 9.17) is 10.7 Å². The molecule has 0 aromatic carbocycles. The van der Waals surface area contributed by atoms with Gasteiger partial charge in [0, 0.05) is 24.8 Å². The normalized spacial score (nSPS) is 24.7. The van der Waals surface area contributed by atoms with Gasteiger partial charge in [-0.25, -0.2) is 4.98 Å². The molecule has 1 aromatic rings. The Morgan fingerprint density at radius 3 is 2.71 bits per heavy atom. The van der Waals surface area contributed by atoms with Crippen molar-refractivity contribution in [2.45, 2.75) is 70.9 Å². The minimum Gasteiger partial charge on any atom is -0.353 e. The standard InChI is InChI=1S/C18H29N3/c1-13-10-15(11-14(2)19)12-20-18(13)21-9-5-8-17(21)16-6-3-4-7-16/h10,12,14,16-17H,3-9,11,19H2,1-2H3. The topological polar surface area (TPSA) is 42.1 Å². The van der Waals surface area contributed by atoms with Crippen molar-refractivity contribution in [3.8, 4) is 0 Å². The molecule has 2 unspecified atom stereocenters. The number of hydrogen-bond donors (Lipinski definition) is 1. The molecule has 0 bridgehead atoms. The smallest absolute Gasteiger partial charge is 0.131 e. The maximum atomic E-state index is 5.90. The van der Waals surface area contributed by atoms with E-state index in [1.165, 1.54) is 62.0 Å². The fraction of sp³-hybridized carbons (Fsp3) is 0.722. The van der Waals surface area contributed by atoms with Crippen LogP contribution in [0, 0.1) is 12.8 Å². The van der Waals surface area contributed by atoms with Crippen molar-refractivity contribution < 1.29 is 0 Å². The van der Waals surface area contributed by atoms with Gasteiger partial charge in [-0.2, -0.15) is 0 Å². The van der Waals surface area contributed by atoms with E-state index in [1.54, 1.807) is 0 Å². The van der Waals surface area contributed by atoms with Crippen molar-refractivity contribution in [3.63, 3.8) is 0 Å². The molecule has 2 N–H and O–H groups in total. The summed E-state index contributed by atoms with van der Waals surface area (Å²) in [6.45, 7) is 5.44. The van der Waals surface area contributed by atoms with E-state index in [0.29, 0.717) is 0 Å². The molecule has 0 radical (unpaired) electrons. The van der Waals surface area contributed by atoms with Crippen LogP contribution in [-0.4, -0.2) is 23.6 Å². The van der Waals surface area contributed by atoms with E-state index in [1.807, 2.05) is 6.20 Å². The van der Waals surface area contributed by atoms with Gasteiger partial charge in [-0.1, -0.05) is 18.9 Å². The minimum atomic E-state index is 0.204. The van der Waals surface area contributed by atoms with E-state index in [-0.39, 0.29) is 6.04 Å². The molecule has 2 heterocycles. The van der Waals surface area contributed by atoms with Gasteiger partial charge >= 0.3 is 0 Å². The summed E-state index contributed by atoms with van der Waals surface area (Å²) in [5.41, 5.74) is 8.49. The molecule has 3 heteroatoms. The Morgan fingerprint density at radius 2 is 2.05 bits per heavy atom. The molecule has 2 aliphatic rings. The second kappa shape index (κ2) is 6.35. The van der Waals surface area contributed by atoms with Crippen LogP contribution in [0.4, 0.5) is 5.82 Å². The Bertz CT molecular complexity index is 477. The molecule has 1 saturated heterocycles. The molecule has 3 rings (SSSR count). The van der Waals surface area contributed by atoms with Crippen LogP contribution in [0.3, 0.4) is 0 Å². The van der Waals surface area contributed by atoms with Gasteiger partial charge in [0.15, 0.2) is 0 Å². The molecule has 1 aliphatic heterocycles. The second-order valence-electron chi connectivity index (χ2n) is 7.11. The van der Waals surface area contributed by atoms with Gasteiger partial charge in [0.1, 0.15) is 5.82 Å². The third-order valence-electron chi connectivity index (χ3n) is 5.18. The van der Waals surface area contributed by atoms with Gasteiger partial charge < -0.3 is 10.6 Å². The molecule has 1 saturated carbocycles.